The van der Waals surface area contributed by atoms with E-state index < -0.39 is 52.3 Å². The summed E-state index contributed by atoms with van der Waals surface area (Å²) in [5, 5.41) is 27.7. The molecule has 348 valence electrons. The summed E-state index contributed by atoms with van der Waals surface area (Å²) in [6, 6.07) is 18.6. The number of ether oxygens (including phenoxy) is 2. The predicted molar refractivity (Wildman–Crippen MR) is 250 cm³/mol. The Morgan fingerprint density at radius 2 is 1.74 bits per heavy atom. The lowest BCUT2D eigenvalue weighted by Crippen LogP contribution is -2.55. The van der Waals surface area contributed by atoms with Gasteiger partial charge in [0.25, 0.3) is 0 Å². The van der Waals surface area contributed by atoms with E-state index in [0.717, 1.165) is 17.0 Å². The summed E-state index contributed by atoms with van der Waals surface area (Å²) in [6.07, 6.45) is 0.943. The summed E-state index contributed by atoms with van der Waals surface area (Å²) < 4.78 is 43.4. The van der Waals surface area contributed by atoms with Crippen molar-refractivity contribution < 1.29 is 47.3 Å². The number of thiophene rings is 1. The first kappa shape index (κ1) is 46.2. The van der Waals surface area contributed by atoms with Gasteiger partial charge in [-0.1, -0.05) is 42.4 Å². The first-order chi connectivity index (χ1) is 31.3. The number of carboxylic acid groups (broad SMARTS) is 2. The van der Waals surface area contributed by atoms with Crippen LogP contribution in [0.2, 0.25) is 5.02 Å². The predicted octanol–water partition coefficient (Wildman–Crippen LogP) is 6.47. The number of rotatable bonds is 14. The van der Waals surface area contributed by atoms with Crippen molar-refractivity contribution in [2.45, 2.75) is 69.0 Å². The molecular formula is C45H48ClN7O11S2. The highest BCUT2D eigenvalue weighted by Gasteiger charge is 2.42. The van der Waals surface area contributed by atoms with Crippen LogP contribution in [0.5, 0.6) is 5.75 Å². The first-order valence-electron chi connectivity index (χ1n) is 21.1. The summed E-state index contributed by atoms with van der Waals surface area (Å²) in [5.41, 5.74) is 3.89. The number of carbonyl (C=O) groups excluding carboxylic acids is 2. The molecule has 1 unspecified atom stereocenters. The highest BCUT2D eigenvalue weighted by molar-refractivity contribution is 7.88. The van der Waals surface area contributed by atoms with Crippen molar-refractivity contribution in [1.82, 2.24) is 18.8 Å². The maximum atomic E-state index is 14.0. The standard InChI is InChI=1S/C45H48ClN7O11S2/c1-25-11-13-34(41(56)47-25)53-33-14-12-31(19-35(33)50(4)44(53)60)51-21-32(22-51)64-43(59)49-28-9-5-7-26(17-28)24-66(61,62)52-16-15-30(20-45(52,2)3)48-29-10-6-8-27(18-29)39-37(46)38(63-23-36(54)55)40(65-39)42(57)58/h5-10,12,14,17-19,30,32,34,48H,1,11,13,15-16,20-24H2,2-4H3,(H,47,56)(H,49,59)(H,54,55)(H,57,58)/t30-,34?/m0/s1. The zero-order valence-corrected chi connectivity index (χ0v) is 38.6. The molecule has 0 spiro atoms. The summed E-state index contributed by atoms with van der Waals surface area (Å²) in [5.74, 6) is -3.34. The molecule has 5 heterocycles. The quantitative estimate of drug-likeness (QED) is 0.0805. The van der Waals surface area contributed by atoms with E-state index in [4.69, 9.17) is 26.2 Å². The summed E-state index contributed by atoms with van der Waals surface area (Å²) >= 11 is 7.39. The minimum absolute atomic E-state index is 0.00543. The van der Waals surface area contributed by atoms with Crippen LogP contribution in [0.3, 0.4) is 0 Å². The van der Waals surface area contributed by atoms with Crippen molar-refractivity contribution >= 4 is 85.0 Å². The number of sulfonamides is 1. The molecule has 0 saturated carbocycles. The van der Waals surface area contributed by atoms with E-state index in [-0.39, 0.29) is 45.6 Å². The lowest BCUT2D eigenvalue weighted by atomic mass is 9.89. The third-order valence-electron chi connectivity index (χ3n) is 12.0. The highest BCUT2D eigenvalue weighted by atomic mass is 35.5. The molecule has 2 amide bonds. The number of anilines is 3. The van der Waals surface area contributed by atoms with Crippen LogP contribution in [-0.4, -0.2) is 99.9 Å². The summed E-state index contributed by atoms with van der Waals surface area (Å²) in [4.78, 5) is 64.1. The molecule has 21 heteroatoms. The number of imidazole rings is 1. The Morgan fingerprint density at radius 3 is 2.45 bits per heavy atom. The van der Waals surface area contributed by atoms with Crippen LogP contribution in [-0.2, 0) is 37.1 Å². The van der Waals surface area contributed by atoms with E-state index in [1.165, 1.54) is 13.4 Å². The SMILES string of the molecule is C=C1CCC(n2c(=O)n(C)c3cc(N4CC(OC(=O)Nc5cccc(CS(=O)(=O)N6CC[C@H](Nc7cccc(-c8sc(C(=O)O)c(OCC(=O)O)c8Cl)c7)CC6(C)C)c5)C4)ccc32)C(=O)N1. The van der Waals surface area contributed by atoms with Crippen molar-refractivity contribution in [1.29, 1.82) is 0 Å². The molecule has 0 aliphatic carbocycles. The molecule has 3 fully saturated rings. The number of carboxylic acids is 2. The number of aromatic carboxylic acids is 1. The summed E-state index contributed by atoms with van der Waals surface area (Å²) in [7, 11) is -2.15. The normalized spacial score (nSPS) is 18.9. The van der Waals surface area contributed by atoms with Crippen molar-refractivity contribution in [3.63, 3.8) is 0 Å². The average Bonchev–Trinajstić information content (AvgIpc) is 3.69. The van der Waals surface area contributed by atoms with Gasteiger partial charge in [0, 0.05) is 47.9 Å². The Balaban J connectivity index is 0.844. The molecule has 66 heavy (non-hydrogen) atoms. The van der Waals surface area contributed by atoms with Gasteiger partial charge in [0.15, 0.2) is 17.2 Å². The number of nitrogens with zero attached hydrogens (tertiary/aromatic N) is 4. The third kappa shape index (κ3) is 9.49. The second-order valence-corrected chi connectivity index (χ2v) is 20.5. The molecule has 2 aromatic heterocycles. The van der Waals surface area contributed by atoms with E-state index in [1.807, 2.05) is 43.0 Å². The Labute approximate surface area is 388 Å². The molecule has 3 saturated heterocycles. The number of aryl methyl sites for hydroxylation is 1. The van der Waals surface area contributed by atoms with Crippen LogP contribution in [0.1, 0.15) is 60.8 Å². The highest BCUT2D eigenvalue weighted by Crippen LogP contribution is 2.46. The molecule has 5 aromatic rings. The van der Waals surface area contributed by atoms with Crippen LogP contribution >= 0.6 is 22.9 Å². The van der Waals surface area contributed by atoms with Crippen molar-refractivity contribution in [2.24, 2.45) is 7.05 Å². The minimum Gasteiger partial charge on any atom is -0.479 e. The molecule has 3 aliphatic heterocycles. The number of hydrogen-bond acceptors (Lipinski definition) is 12. The molecule has 3 aliphatic rings. The van der Waals surface area contributed by atoms with Crippen LogP contribution < -0.4 is 31.3 Å². The maximum Gasteiger partial charge on any atom is 0.412 e. The van der Waals surface area contributed by atoms with Gasteiger partial charge in [-0.15, -0.1) is 11.3 Å². The molecule has 0 bridgehead atoms. The Kier molecular flexibility index (Phi) is 12.7. The minimum atomic E-state index is -3.82. The second kappa shape index (κ2) is 18.1. The van der Waals surface area contributed by atoms with E-state index in [9.17, 15) is 37.5 Å². The van der Waals surface area contributed by atoms with Crippen LogP contribution in [0, 0.1) is 0 Å². The Hall–Kier alpha value is -6.35. The molecule has 18 nitrogen and oxygen atoms in total. The largest absolute Gasteiger partial charge is 0.479 e. The molecule has 2 atom stereocenters. The second-order valence-electron chi connectivity index (χ2n) is 17.2. The number of halogens is 1. The molecule has 8 rings (SSSR count). The van der Waals surface area contributed by atoms with Gasteiger partial charge in [0.1, 0.15) is 17.2 Å². The number of hydrogen-bond donors (Lipinski definition) is 5. The zero-order chi connectivity index (χ0) is 47.2. The van der Waals surface area contributed by atoms with Gasteiger partial charge in [0.05, 0.1) is 34.8 Å². The van der Waals surface area contributed by atoms with Crippen LogP contribution in [0.25, 0.3) is 21.5 Å². The number of aliphatic carboxylic acids is 1. The van der Waals surface area contributed by atoms with Gasteiger partial charge >= 0.3 is 23.7 Å². The van der Waals surface area contributed by atoms with Crippen molar-refractivity contribution in [3.05, 3.63) is 105 Å². The van der Waals surface area contributed by atoms with E-state index in [2.05, 4.69) is 22.5 Å². The molecule has 0 radical (unpaired) electrons. The monoisotopic (exact) mass is 961 g/mol. The van der Waals surface area contributed by atoms with Crippen LogP contribution in [0.4, 0.5) is 21.9 Å². The number of amides is 2. The van der Waals surface area contributed by atoms with E-state index in [1.54, 1.807) is 49.5 Å². The number of carbonyl (C=O) groups is 4. The zero-order valence-electron chi connectivity index (χ0n) is 36.2. The van der Waals surface area contributed by atoms with E-state index >= 15 is 0 Å². The molecule has 3 aromatic carbocycles. The van der Waals surface area contributed by atoms with Crippen LogP contribution in [0.15, 0.2) is 83.8 Å². The van der Waals surface area contributed by atoms with Gasteiger partial charge < -0.3 is 35.2 Å². The topological polar surface area (TPSA) is 231 Å². The number of aromatic nitrogens is 2. The summed E-state index contributed by atoms with van der Waals surface area (Å²) in [6.45, 7) is 7.90. The Morgan fingerprint density at radius 1 is 1.00 bits per heavy atom. The number of benzene rings is 3. The van der Waals surface area contributed by atoms with E-state index in [0.29, 0.717) is 82.9 Å². The number of fused-ring (bicyclic) bond motifs is 1. The van der Waals surface area contributed by atoms with Gasteiger partial charge in [-0.3, -0.25) is 19.2 Å². The first-order valence-corrected chi connectivity index (χ1v) is 23.9. The van der Waals surface area contributed by atoms with Gasteiger partial charge in [-0.05, 0) is 93.1 Å². The number of allylic oxidation sites excluding steroid dienone is 1. The third-order valence-corrected chi connectivity index (χ3v) is 15.7. The smallest absolute Gasteiger partial charge is 0.412 e. The number of piperidine rings is 2. The lowest BCUT2D eigenvalue weighted by molar-refractivity contribution is -0.139. The fourth-order valence-electron chi connectivity index (χ4n) is 8.90. The Bertz CT molecular complexity index is 2960. The lowest BCUT2D eigenvalue weighted by Gasteiger charge is -2.45. The fraction of sp³-hybridized carbons (Fsp3) is 0.356. The maximum absolute atomic E-state index is 14.0. The number of nitrogens with one attached hydrogen (secondary N) is 3. The molecular weight excluding hydrogens is 914 g/mol. The van der Waals surface area contributed by atoms with Gasteiger partial charge in [-0.25, -0.2) is 27.6 Å². The van der Waals surface area contributed by atoms with Gasteiger partial charge in [0.2, 0.25) is 15.9 Å². The van der Waals surface area contributed by atoms with Crippen molar-refractivity contribution in [2.75, 3.05) is 41.8 Å². The molecule has 5 N–H and O–H groups in total. The fourth-order valence-corrected chi connectivity index (χ4v) is 12.3. The average molecular weight is 963 g/mol. The van der Waals surface area contributed by atoms with Gasteiger partial charge in [-0.2, -0.15) is 4.31 Å². The van der Waals surface area contributed by atoms with Crippen molar-refractivity contribution in [3.8, 4) is 16.2 Å².